The van der Waals surface area contributed by atoms with Crippen LogP contribution in [0, 0.1) is 12.8 Å². The second-order valence-electron chi connectivity index (χ2n) is 7.09. The zero-order chi connectivity index (χ0) is 17.7. The summed E-state index contributed by atoms with van der Waals surface area (Å²) in [5.41, 5.74) is 1.65. The molecule has 2 atom stereocenters. The van der Waals surface area contributed by atoms with Gasteiger partial charge in [-0.05, 0) is 38.1 Å². The SMILES string of the molecule is Cc1ccc(S(=O)(=O)N2C[C@@H]3CON(c4ccccc4)[C@]3(C)C2)cc1. The van der Waals surface area contributed by atoms with Crippen LogP contribution in [0.4, 0.5) is 5.69 Å². The zero-order valence-corrected chi connectivity index (χ0v) is 15.2. The summed E-state index contributed by atoms with van der Waals surface area (Å²) in [5.74, 6) is 0.146. The van der Waals surface area contributed by atoms with Crippen molar-refractivity contribution in [3.8, 4) is 0 Å². The monoisotopic (exact) mass is 358 g/mol. The molecule has 25 heavy (non-hydrogen) atoms. The van der Waals surface area contributed by atoms with Gasteiger partial charge >= 0.3 is 0 Å². The van der Waals surface area contributed by atoms with Gasteiger partial charge in [0, 0.05) is 19.0 Å². The van der Waals surface area contributed by atoms with Crippen LogP contribution in [0.15, 0.2) is 59.5 Å². The van der Waals surface area contributed by atoms with Crippen molar-refractivity contribution < 1.29 is 13.3 Å². The number of fused-ring (bicyclic) bond motifs is 1. The van der Waals surface area contributed by atoms with Gasteiger partial charge in [0.15, 0.2) is 0 Å². The average Bonchev–Trinajstić information content (AvgIpc) is 3.09. The van der Waals surface area contributed by atoms with E-state index < -0.39 is 10.0 Å². The lowest BCUT2D eigenvalue weighted by Crippen LogP contribution is -2.47. The Morgan fingerprint density at radius 2 is 1.76 bits per heavy atom. The molecule has 6 heteroatoms. The van der Waals surface area contributed by atoms with Gasteiger partial charge in [-0.25, -0.2) is 13.5 Å². The predicted octanol–water partition coefficient (Wildman–Crippen LogP) is 2.83. The Bertz CT molecular complexity index is 867. The number of aryl methyl sites for hydroxylation is 1. The molecular formula is C19H22N2O3S. The molecule has 0 N–H and O–H groups in total. The normalized spacial score (nSPS) is 26.8. The highest BCUT2D eigenvalue weighted by Gasteiger charge is 2.55. The standard InChI is InChI=1S/C19H22N2O3S/c1-15-8-10-18(11-9-15)25(22,23)20-12-16-13-24-21(19(16,2)14-20)17-6-4-3-5-7-17/h3-11,16H,12-14H2,1-2H3/t16-,19-/m1/s1. The van der Waals surface area contributed by atoms with Gasteiger partial charge in [-0.3, -0.25) is 4.84 Å². The first-order valence-electron chi connectivity index (χ1n) is 8.46. The van der Waals surface area contributed by atoms with Gasteiger partial charge in [0.2, 0.25) is 10.0 Å². The summed E-state index contributed by atoms with van der Waals surface area (Å²) in [4.78, 5) is 6.26. The lowest BCUT2D eigenvalue weighted by atomic mass is 9.90. The zero-order valence-electron chi connectivity index (χ0n) is 14.4. The number of hydroxylamine groups is 1. The van der Waals surface area contributed by atoms with Crippen LogP contribution in [-0.2, 0) is 14.9 Å². The third kappa shape index (κ3) is 2.65. The van der Waals surface area contributed by atoms with Crippen LogP contribution in [0.3, 0.4) is 0 Å². The van der Waals surface area contributed by atoms with E-state index in [0.717, 1.165) is 11.3 Å². The maximum atomic E-state index is 13.0. The van der Waals surface area contributed by atoms with Crippen LogP contribution < -0.4 is 5.06 Å². The van der Waals surface area contributed by atoms with E-state index in [-0.39, 0.29) is 11.5 Å². The molecule has 0 aliphatic carbocycles. The quantitative estimate of drug-likeness (QED) is 0.847. The van der Waals surface area contributed by atoms with Gasteiger partial charge in [-0.1, -0.05) is 35.9 Å². The van der Waals surface area contributed by atoms with E-state index in [1.807, 2.05) is 54.5 Å². The number of hydrogen-bond donors (Lipinski definition) is 0. The molecule has 0 spiro atoms. The van der Waals surface area contributed by atoms with E-state index >= 15 is 0 Å². The summed E-state index contributed by atoms with van der Waals surface area (Å²) in [6.45, 7) is 5.47. The minimum atomic E-state index is -3.49. The number of anilines is 1. The highest BCUT2D eigenvalue weighted by Crippen LogP contribution is 2.43. The molecule has 0 radical (unpaired) electrons. The second kappa shape index (κ2) is 5.83. The summed E-state index contributed by atoms with van der Waals surface area (Å²) < 4.78 is 27.7. The van der Waals surface area contributed by atoms with Gasteiger partial charge in [-0.15, -0.1) is 0 Å². The highest BCUT2D eigenvalue weighted by molar-refractivity contribution is 7.89. The minimum absolute atomic E-state index is 0.146. The fourth-order valence-electron chi connectivity index (χ4n) is 3.74. The summed E-state index contributed by atoms with van der Waals surface area (Å²) in [5, 5.41) is 1.89. The minimum Gasteiger partial charge on any atom is -0.272 e. The van der Waals surface area contributed by atoms with E-state index in [2.05, 4.69) is 6.92 Å². The largest absolute Gasteiger partial charge is 0.272 e. The molecule has 132 valence electrons. The topological polar surface area (TPSA) is 49.9 Å². The average molecular weight is 358 g/mol. The smallest absolute Gasteiger partial charge is 0.243 e. The number of nitrogens with zero attached hydrogens (tertiary/aromatic N) is 2. The number of sulfonamides is 1. The molecule has 4 rings (SSSR count). The highest BCUT2D eigenvalue weighted by atomic mass is 32.2. The summed E-state index contributed by atoms with van der Waals surface area (Å²) >= 11 is 0. The van der Waals surface area contributed by atoms with Crippen molar-refractivity contribution in [3.63, 3.8) is 0 Å². The Hall–Kier alpha value is -1.89. The first-order valence-corrected chi connectivity index (χ1v) is 9.90. The lowest BCUT2D eigenvalue weighted by Gasteiger charge is -2.34. The van der Waals surface area contributed by atoms with Crippen LogP contribution in [0.25, 0.3) is 0 Å². The number of hydrogen-bond acceptors (Lipinski definition) is 4. The van der Waals surface area contributed by atoms with E-state index in [1.165, 1.54) is 0 Å². The molecule has 2 aromatic carbocycles. The van der Waals surface area contributed by atoms with Crippen LogP contribution in [0.1, 0.15) is 12.5 Å². The Kier molecular flexibility index (Phi) is 3.86. The van der Waals surface area contributed by atoms with Gasteiger partial charge in [0.05, 0.1) is 22.7 Å². The van der Waals surface area contributed by atoms with Crippen molar-refractivity contribution in [1.82, 2.24) is 4.31 Å². The molecular weight excluding hydrogens is 336 g/mol. The number of rotatable bonds is 3. The molecule has 0 aromatic heterocycles. The molecule has 2 aromatic rings. The summed E-state index contributed by atoms with van der Waals surface area (Å²) in [6, 6.07) is 16.9. The van der Waals surface area contributed by atoms with E-state index in [4.69, 9.17) is 4.84 Å². The molecule has 0 bridgehead atoms. The number of para-hydroxylation sites is 1. The van der Waals surface area contributed by atoms with Crippen LogP contribution in [0.2, 0.25) is 0 Å². The fourth-order valence-corrected chi connectivity index (χ4v) is 5.33. The van der Waals surface area contributed by atoms with Gasteiger partial charge in [0.25, 0.3) is 0 Å². The van der Waals surface area contributed by atoms with Crippen LogP contribution >= 0.6 is 0 Å². The van der Waals surface area contributed by atoms with Crippen LogP contribution in [-0.4, -0.2) is 38.0 Å². The maximum absolute atomic E-state index is 13.0. The van der Waals surface area contributed by atoms with Crippen molar-refractivity contribution in [1.29, 1.82) is 0 Å². The molecule has 2 aliphatic heterocycles. The first-order chi connectivity index (χ1) is 11.9. The molecule has 2 aliphatic rings. The Morgan fingerprint density at radius 3 is 2.44 bits per heavy atom. The van der Waals surface area contributed by atoms with Gasteiger partial charge in [0.1, 0.15) is 0 Å². The molecule has 2 heterocycles. The molecule has 2 fully saturated rings. The molecule has 0 saturated carbocycles. The molecule has 5 nitrogen and oxygen atoms in total. The van der Waals surface area contributed by atoms with Crippen molar-refractivity contribution in [3.05, 3.63) is 60.2 Å². The Balaban J connectivity index is 1.63. The van der Waals surface area contributed by atoms with Crippen LogP contribution in [0.5, 0.6) is 0 Å². The van der Waals surface area contributed by atoms with Gasteiger partial charge in [-0.2, -0.15) is 4.31 Å². The predicted molar refractivity (Wildman–Crippen MR) is 96.7 cm³/mol. The van der Waals surface area contributed by atoms with Crippen molar-refractivity contribution in [2.75, 3.05) is 24.8 Å². The Labute approximate surface area is 148 Å². The van der Waals surface area contributed by atoms with Crippen molar-refractivity contribution >= 4 is 15.7 Å². The van der Waals surface area contributed by atoms with E-state index in [9.17, 15) is 8.42 Å². The second-order valence-corrected chi connectivity index (χ2v) is 9.03. The summed E-state index contributed by atoms with van der Waals surface area (Å²) in [7, 11) is -3.49. The van der Waals surface area contributed by atoms with E-state index in [1.54, 1.807) is 16.4 Å². The van der Waals surface area contributed by atoms with Crippen molar-refractivity contribution in [2.45, 2.75) is 24.3 Å². The van der Waals surface area contributed by atoms with Gasteiger partial charge < -0.3 is 0 Å². The third-order valence-electron chi connectivity index (χ3n) is 5.32. The van der Waals surface area contributed by atoms with E-state index in [0.29, 0.717) is 24.6 Å². The lowest BCUT2D eigenvalue weighted by molar-refractivity contribution is 0.131. The van der Waals surface area contributed by atoms with Crippen molar-refractivity contribution in [2.24, 2.45) is 5.92 Å². The summed E-state index contributed by atoms with van der Waals surface area (Å²) in [6.07, 6.45) is 0. The molecule has 2 saturated heterocycles. The Morgan fingerprint density at radius 1 is 1.08 bits per heavy atom. The third-order valence-corrected chi connectivity index (χ3v) is 7.14. The number of benzene rings is 2. The fraction of sp³-hybridized carbons (Fsp3) is 0.368. The maximum Gasteiger partial charge on any atom is 0.243 e. The molecule has 0 amide bonds. The first kappa shape index (κ1) is 16.6. The molecule has 0 unspecified atom stereocenters.